The van der Waals surface area contributed by atoms with Gasteiger partial charge in [0.25, 0.3) is 0 Å². The standard InChI is InChI=1S/C22H19ClN2O/c23-19-14-8-7-13-18(19)20-21(22(26)24-17-11-5-2-6-12-17)25(20)15-16-9-3-1-4-10-16/h1-14,20-21H,15H2,(H,24,26)/t20-,21+,25?/m0/s1. The molecule has 3 nitrogen and oxygen atoms in total. The third kappa shape index (κ3) is 3.50. The summed E-state index contributed by atoms with van der Waals surface area (Å²) in [6.07, 6.45) is 0. The number of hydrogen-bond acceptors (Lipinski definition) is 2. The van der Waals surface area contributed by atoms with Crippen molar-refractivity contribution >= 4 is 23.2 Å². The molecule has 1 N–H and O–H groups in total. The predicted molar refractivity (Wildman–Crippen MR) is 105 cm³/mol. The molecule has 0 radical (unpaired) electrons. The van der Waals surface area contributed by atoms with Gasteiger partial charge in [0.2, 0.25) is 5.91 Å². The zero-order valence-electron chi connectivity index (χ0n) is 14.2. The highest BCUT2D eigenvalue weighted by molar-refractivity contribution is 6.31. The molecule has 4 heteroatoms. The zero-order valence-corrected chi connectivity index (χ0v) is 14.9. The average molecular weight is 363 g/mol. The number of carbonyl (C=O) groups excluding carboxylic acids is 1. The fraction of sp³-hybridized carbons (Fsp3) is 0.136. The lowest BCUT2D eigenvalue weighted by Crippen LogP contribution is -2.21. The third-order valence-corrected chi connectivity index (χ3v) is 5.01. The van der Waals surface area contributed by atoms with E-state index < -0.39 is 0 Å². The minimum Gasteiger partial charge on any atom is -0.325 e. The molecule has 1 heterocycles. The lowest BCUT2D eigenvalue weighted by Gasteiger charge is -2.06. The molecule has 1 saturated heterocycles. The highest BCUT2D eigenvalue weighted by Crippen LogP contribution is 2.47. The molecule has 1 amide bonds. The minimum absolute atomic E-state index is 0.00273. The predicted octanol–water partition coefficient (Wildman–Crippen LogP) is 4.90. The van der Waals surface area contributed by atoms with Gasteiger partial charge in [0.1, 0.15) is 6.04 Å². The second-order valence-corrected chi connectivity index (χ2v) is 6.83. The Morgan fingerprint density at radius 3 is 2.19 bits per heavy atom. The average Bonchev–Trinajstić information content (AvgIpc) is 3.37. The van der Waals surface area contributed by atoms with Crippen molar-refractivity contribution in [1.82, 2.24) is 4.90 Å². The van der Waals surface area contributed by atoms with Gasteiger partial charge in [0.15, 0.2) is 0 Å². The van der Waals surface area contributed by atoms with E-state index in [4.69, 9.17) is 11.6 Å². The Labute approximate surface area is 158 Å². The number of halogens is 1. The molecule has 130 valence electrons. The number of hydrogen-bond donors (Lipinski definition) is 1. The second kappa shape index (κ2) is 7.32. The van der Waals surface area contributed by atoms with E-state index in [1.165, 1.54) is 5.56 Å². The Kier molecular flexibility index (Phi) is 4.74. The quantitative estimate of drug-likeness (QED) is 0.654. The van der Waals surface area contributed by atoms with Crippen LogP contribution < -0.4 is 5.32 Å². The van der Waals surface area contributed by atoms with Gasteiger partial charge < -0.3 is 5.32 Å². The zero-order chi connectivity index (χ0) is 17.9. The van der Waals surface area contributed by atoms with Gasteiger partial charge in [-0.2, -0.15) is 0 Å². The van der Waals surface area contributed by atoms with Crippen molar-refractivity contribution in [2.75, 3.05) is 5.32 Å². The number of para-hydroxylation sites is 1. The van der Waals surface area contributed by atoms with Crippen LogP contribution in [0.2, 0.25) is 5.02 Å². The van der Waals surface area contributed by atoms with Crippen molar-refractivity contribution in [3.63, 3.8) is 0 Å². The number of nitrogens with one attached hydrogen (secondary N) is 1. The van der Waals surface area contributed by atoms with Gasteiger partial charge in [-0.1, -0.05) is 78.3 Å². The molecule has 0 aliphatic carbocycles. The van der Waals surface area contributed by atoms with Crippen LogP contribution in [-0.2, 0) is 11.3 Å². The summed E-state index contributed by atoms with van der Waals surface area (Å²) in [6, 6.07) is 27.3. The normalized spacial score (nSPS) is 21.2. The smallest absolute Gasteiger partial charge is 0.243 e. The van der Waals surface area contributed by atoms with Crippen molar-refractivity contribution in [2.24, 2.45) is 0 Å². The van der Waals surface area contributed by atoms with Gasteiger partial charge >= 0.3 is 0 Å². The van der Waals surface area contributed by atoms with Crippen LogP contribution in [0, 0.1) is 0 Å². The van der Waals surface area contributed by atoms with Crippen LogP contribution in [0.1, 0.15) is 17.2 Å². The maximum absolute atomic E-state index is 12.9. The summed E-state index contributed by atoms with van der Waals surface area (Å²) in [4.78, 5) is 15.0. The largest absolute Gasteiger partial charge is 0.325 e. The number of nitrogens with zero attached hydrogens (tertiary/aromatic N) is 1. The van der Waals surface area contributed by atoms with Crippen LogP contribution in [0.4, 0.5) is 5.69 Å². The molecule has 3 aromatic rings. The monoisotopic (exact) mass is 362 g/mol. The summed E-state index contributed by atoms with van der Waals surface area (Å²) < 4.78 is 0. The SMILES string of the molecule is O=C(Nc1ccccc1)[C@H]1[C@H](c2ccccc2Cl)N1Cc1ccccc1. The van der Waals surface area contributed by atoms with E-state index >= 15 is 0 Å². The molecule has 0 saturated carbocycles. The molecule has 4 rings (SSSR count). The third-order valence-electron chi connectivity index (χ3n) is 4.67. The summed E-state index contributed by atoms with van der Waals surface area (Å²) in [5, 5.41) is 3.71. The Hall–Kier alpha value is -2.62. The first-order valence-electron chi connectivity index (χ1n) is 8.64. The summed E-state index contributed by atoms with van der Waals surface area (Å²) in [7, 11) is 0. The first-order valence-corrected chi connectivity index (χ1v) is 9.02. The molecule has 1 aliphatic heterocycles. The first-order chi connectivity index (χ1) is 12.7. The summed E-state index contributed by atoms with van der Waals surface area (Å²) in [5.41, 5.74) is 2.99. The number of anilines is 1. The number of rotatable bonds is 5. The highest BCUT2D eigenvalue weighted by atomic mass is 35.5. The Morgan fingerprint density at radius 1 is 0.885 bits per heavy atom. The molecular weight excluding hydrogens is 344 g/mol. The van der Waals surface area contributed by atoms with Gasteiger partial charge in [-0.3, -0.25) is 9.69 Å². The van der Waals surface area contributed by atoms with Gasteiger partial charge in [0, 0.05) is 17.3 Å². The van der Waals surface area contributed by atoms with Gasteiger partial charge in [-0.15, -0.1) is 0 Å². The Morgan fingerprint density at radius 2 is 1.50 bits per heavy atom. The molecule has 3 aromatic carbocycles. The van der Waals surface area contributed by atoms with Gasteiger partial charge in [0.05, 0.1) is 6.04 Å². The maximum Gasteiger partial charge on any atom is 0.243 e. The van der Waals surface area contributed by atoms with E-state index in [1.807, 2.05) is 72.8 Å². The fourth-order valence-corrected chi connectivity index (χ4v) is 3.61. The molecule has 0 spiro atoms. The van der Waals surface area contributed by atoms with Crippen LogP contribution in [0.25, 0.3) is 0 Å². The highest BCUT2D eigenvalue weighted by Gasteiger charge is 2.53. The molecule has 26 heavy (non-hydrogen) atoms. The van der Waals surface area contributed by atoms with Crippen LogP contribution in [-0.4, -0.2) is 16.8 Å². The topological polar surface area (TPSA) is 32.1 Å². The lowest BCUT2D eigenvalue weighted by atomic mass is 10.1. The molecule has 1 unspecified atom stereocenters. The molecule has 0 bridgehead atoms. The number of benzene rings is 3. The molecule has 0 aromatic heterocycles. The van der Waals surface area contributed by atoms with Crippen molar-refractivity contribution in [1.29, 1.82) is 0 Å². The van der Waals surface area contributed by atoms with Gasteiger partial charge in [-0.05, 0) is 29.3 Å². The van der Waals surface area contributed by atoms with E-state index in [2.05, 4.69) is 22.3 Å². The van der Waals surface area contributed by atoms with Crippen molar-refractivity contribution < 1.29 is 4.79 Å². The van der Waals surface area contributed by atoms with Crippen LogP contribution in [0.5, 0.6) is 0 Å². The van der Waals surface area contributed by atoms with E-state index in [-0.39, 0.29) is 18.0 Å². The number of amides is 1. The van der Waals surface area contributed by atoms with Crippen LogP contribution >= 0.6 is 11.6 Å². The maximum atomic E-state index is 12.9. The minimum atomic E-state index is -0.227. The molecular formula is C22H19ClN2O. The summed E-state index contributed by atoms with van der Waals surface area (Å²) >= 11 is 6.40. The van der Waals surface area contributed by atoms with Gasteiger partial charge in [-0.25, -0.2) is 0 Å². The van der Waals surface area contributed by atoms with E-state index in [0.717, 1.165) is 11.3 Å². The number of carbonyl (C=O) groups is 1. The van der Waals surface area contributed by atoms with E-state index in [0.29, 0.717) is 11.6 Å². The first kappa shape index (κ1) is 16.8. The molecule has 1 aliphatic rings. The van der Waals surface area contributed by atoms with Crippen LogP contribution in [0.3, 0.4) is 0 Å². The van der Waals surface area contributed by atoms with Crippen LogP contribution in [0.15, 0.2) is 84.9 Å². The van der Waals surface area contributed by atoms with Crippen molar-refractivity contribution in [2.45, 2.75) is 18.6 Å². The van der Waals surface area contributed by atoms with Crippen molar-refractivity contribution in [3.05, 3.63) is 101 Å². The second-order valence-electron chi connectivity index (χ2n) is 6.42. The molecule has 1 fully saturated rings. The lowest BCUT2D eigenvalue weighted by molar-refractivity contribution is -0.116. The molecule has 3 atom stereocenters. The Balaban J connectivity index is 1.57. The fourth-order valence-electron chi connectivity index (χ4n) is 3.36. The van der Waals surface area contributed by atoms with Crippen molar-refractivity contribution in [3.8, 4) is 0 Å². The van der Waals surface area contributed by atoms with E-state index in [9.17, 15) is 4.79 Å². The van der Waals surface area contributed by atoms with E-state index in [1.54, 1.807) is 0 Å². The Bertz CT molecular complexity index is 898. The summed E-state index contributed by atoms with van der Waals surface area (Å²) in [6.45, 7) is 0.712. The summed E-state index contributed by atoms with van der Waals surface area (Å²) in [5.74, 6) is -0.00273.